The fourth-order valence-corrected chi connectivity index (χ4v) is 4.22. The van der Waals surface area contributed by atoms with Crippen molar-refractivity contribution in [1.82, 2.24) is 4.90 Å². The Morgan fingerprint density at radius 1 is 1.19 bits per heavy atom. The van der Waals surface area contributed by atoms with Gasteiger partial charge in [-0.25, -0.2) is 0 Å². The van der Waals surface area contributed by atoms with Gasteiger partial charge in [0.2, 0.25) is 5.91 Å². The van der Waals surface area contributed by atoms with Gasteiger partial charge in [0.1, 0.15) is 4.32 Å². The molecule has 0 saturated carbocycles. The Morgan fingerprint density at radius 3 is 2.44 bits per heavy atom. The van der Waals surface area contributed by atoms with Gasteiger partial charge in [0.25, 0.3) is 5.91 Å². The quantitative estimate of drug-likeness (QED) is 0.442. The number of anilines is 1. The number of carbonyl (C=O) groups is 2. The van der Waals surface area contributed by atoms with Gasteiger partial charge >= 0.3 is 0 Å². The molecule has 0 aliphatic carbocycles. The van der Waals surface area contributed by atoms with Gasteiger partial charge in [0.05, 0.1) is 10.7 Å². The first-order valence-corrected chi connectivity index (χ1v) is 10.4. The number of hydrogen-bond donors (Lipinski definition) is 1. The summed E-state index contributed by atoms with van der Waals surface area (Å²) in [6.07, 6.45) is 1.83. The summed E-state index contributed by atoms with van der Waals surface area (Å²) in [5, 5.41) is 2.89. The highest BCUT2D eigenvalue weighted by molar-refractivity contribution is 8.26. The Labute approximate surface area is 172 Å². The normalized spacial score (nSPS) is 15.5. The largest absolute Gasteiger partial charge is 0.325 e. The molecule has 1 N–H and O–H groups in total. The van der Waals surface area contributed by atoms with E-state index in [-0.39, 0.29) is 11.8 Å². The van der Waals surface area contributed by atoms with Crippen molar-refractivity contribution < 1.29 is 9.59 Å². The summed E-state index contributed by atoms with van der Waals surface area (Å²) in [5.74, 6) is 0.220. The van der Waals surface area contributed by atoms with Crippen LogP contribution in [0.2, 0.25) is 0 Å². The molecule has 1 aliphatic heterocycles. The van der Waals surface area contributed by atoms with E-state index in [4.69, 9.17) is 12.2 Å². The average Bonchev–Trinajstić information content (AvgIpc) is 2.90. The van der Waals surface area contributed by atoms with Gasteiger partial charge in [-0.15, -0.1) is 11.8 Å². The van der Waals surface area contributed by atoms with Gasteiger partial charge in [-0.2, -0.15) is 0 Å². The second-order valence-corrected chi connectivity index (χ2v) is 8.74. The summed E-state index contributed by atoms with van der Waals surface area (Å²) in [4.78, 5) is 27.2. The van der Waals surface area contributed by atoms with Crippen LogP contribution in [0.15, 0.2) is 58.3 Å². The van der Waals surface area contributed by atoms with Gasteiger partial charge in [0, 0.05) is 17.6 Å². The fourth-order valence-electron chi connectivity index (χ4n) is 2.34. The summed E-state index contributed by atoms with van der Waals surface area (Å²) in [6, 6.07) is 15.5. The van der Waals surface area contributed by atoms with Crippen LogP contribution in [0.3, 0.4) is 0 Å². The molecule has 0 spiro atoms. The topological polar surface area (TPSA) is 49.4 Å². The lowest BCUT2D eigenvalue weighted by Gasteiger charge is -2.06. The van der Waals surface area contributed by atoms with E-state index in [0.717, 1.165) is 21.7 Å². The number of amides is 2. The first kappa shape index (κ1) is 19.7. The maximum Gasteiger partial charge on any atom is 0.265 e. The second kappa shape index (κ2) is 8.73. The number of aryl methyl sites for hydroxylation is 1. The summed E-state index contributed by atoms with van der Waals surface area (Å²) in [6.45, 7) is 2.01. The van der Waals surface area contributed by atoms with Crippen molar-refractivity contribution in [3.05, 3.63) is 64.6 Å². The van der Waals surface area contributed by atoms with Gasteiger partial charge in [-0.1, -0.05) is 53.8 Å². The van der Waals surface area contributed by atoms with Crippen LogP contribution >= 0.6 is 35.7 Å². The SMILES string of the molecule is Cc1ccc(NC(=O)CSc2ccc(/C=C3/SC(=S)N(C)C3=O)cc2)cc1. The molecule has 0 radical (unpaired) electrons. The zero-order chi connectivity index (χ0) is 19.4. The zero-order valence-electron chi connectivity index (χ0n) is 14.9. The maximum absolute atomic E-state index is 12.1. The Hall–Kier alpha value is -2.09. The van der Waals surface area contributed by atoms with E-state index >= 15 is 0 Å². The molecule has 1 heterocycles. The number of likely N-dealkylation sites (N-methyl/N-ethyl adjacent to an activating group) is 1. The number of thiocarbonyl (C=S) groups is 1. The number of nitrogens with zero attached hydrogens (tertiary/aromatic N) is 1. The lowest BCUT2D eigenvalue weighted by Crippen LogP contribution is -2.22. The van der Waals surface area contributed by atoms with Crippen LogP contribution in [0.1, 0.15) is 11.1 Å². The van der Waals surface area contributed by atoms with E-state index in [1.807, 2.05) is 61.5 Å². The van der Waals surface area contributed by atoms with Gasteiger partial charge in [-0.3, -0.25) is 14.5 Å². The van der Waals surface area contributed by atoms with Gasteiger partial charge < -0.3 is 5.32 Å². The van der Waals surface area contributed by atoms with E-state index in [1.54, 1.807) is 7.05 Å². The van der Waals surface area contributed by atoms with E-state index in [0.29, 0.717) is 15.0 Å². The van der Waals surface area contributed by atoms with Crippen molar-refractivity contribution in [2.45, 2.75) is 11.8 Å². The summed E-state index contributed by atoms with van der Waals surface area (Å²) >= 11 is 7.91. The first-order valence-electron chi connectivity index (χ1n) is 8.23. The summed E-state index contributed by atoms with van der Waals surface area (Å²) in [7, 11) is 1.68. The van der Waals surface area contributed by atoms with Crippen LogP contribution in [0.25, 0.3) is 6.08 Å². The second-order valence-electron chi connectivity index (χ2n) is 6.01. The summed E-state index contributed by atoms with van der Waals surface area (Å²) < 4.78 is 0.568. The third-order valence-corrected chi connectivity index (χ3v) is 6.37. The molecule has 0 bridgehead atoms. The molecule has 0 unspecified atom stereocenters. The Morgan fingerprint density at radius 2 is 1.85 bits per heavy atom. The highest BCUT2D eigenvalue weighted by Crippen LogP contribution is 2.31. The molecule has 7 heteroatoms. The number of rotatable bonds is 5. The third-order valence-electron chi connectivity index (χ3n) is 3.87. The number of benzene rings is 2. The molecule has 2 aromatic rings. The highest BCUT2D eigenvalue weighted by atomic mass is 32.2. The lowest BCUT2D eigenvalue weighted by atomic mass is 10.2. The van der Waals surface area contributed by atoms with Crippen molar-refractivity contribution >= 4 is 63.6 Å². The molecule has 1 fully saturated rings. The molecule has 2 aromatic carbocycles. The van der Waals surface area contributed by atoms with E-state index < -0.39 is 0 Å². The smallest absolute Gasteiger partial charge is 0.265 e. The van der Waals surface area contributed by atoms with Crippen LogP contribution in [0, 0.1) is 6.92 Å². The molecular weight excluding hydrogens is 396 g/mol. The van der Waals surface area contributed by atoms with Crippen LogP contribution in [-0.4, -0.2) is 33.8 Å². The van der Waals surface area contributed by atoms with Gasteiger partial charge in [0.15, 0.2) is 0 Å². The minimum Gasteiger partial charge on any atom is -0.325 e. The minimum atomic E-state index is -0.0729. The van der Waals surface area contributed by atoms with Crippen molar-refractivity contribution in [3.8, 4) is 0 Å². The Kier molecular flexibility index (Phi) is 6.36. The van der Waals surface area contributed by atoms with Gasteiger partial charge in [-0.05, 0) is 42.8 Å². The zero-order valence-corrected chi connectivity index (χ0v) is 17.3. The molecule has 4 nitrogen and oxygen atoms in total. The third kappa shape index (κ3) is 5.22. The van der Waals surface area contributed by atoms with E-state index in [9.17, 15) is 9.59 Å². The van der Waals surface area contributed by atoms with Crippen molar-refractivity contribution in [1.29, 1.82) is 0 Å². The molecule has 0 atom stereocenters. The molecule has 2 amide bonds. The molecule has 27 heavy (non-hydrogen) atoms. The standard InChI is InChI=1S/C20H18N2O2S3/c1-13-3-7-15(8-4-13)21-18(23)12-26-16-9-5-14(6-10-16)11-17-19(24)22(2)20(25)27-17/h3-11H,12H2,1-2H3,(H,21,23)/b17-11+. The van der Waals surface area contributed by atoms with E-state index in [2.05, 4.69) is 5.32 Å². The van der Waals surface area contributed by atoms with Crippen LogP contribution < -0.4 is 5.32 Å². The molecule has 1 saturated heterocycles. The van der Waals surface area contributed by atoms with Crippen molar-refractivity contribution in [3.63, 3.8) is 0 Å². The lowest BCUT2D eigenvalue weighted by molar-refractivity contribution is -0.121. The number of carbonyl (C=O) groups excluding carboxylic acids is 2. The number of thioether (sulfide) groups is 2. The van der Waals surface area contributed by atoms with Crippen molar-refractivity contribution in [2.24, 2.45) is 0 Å². The average molecular weight is 415 g/mol. The summed E-state index contributed by atoms with van der Waals surface area (Å²) in [5.41, 5.74) is 2.88. The van der Waals surface area contributed by atoms with Crippen LogP contribution in [-0.2, 0) is 9.59 Å². The Bertz CT molecular complexity index is 906. The van der Waals surface area contributed by atoms with Crippen molar-refractivity contribution in [2.75, 3.05) is 18.1 Å². The predicted octanol–water partition coefficient (Wildman–Crippen LogP) is 4.56. The first-order chi connectivity index (χ1) is 12.9. The molecule has 3 rings (SSSR count). The molecule has 0 aromatic heterocycles. The number of nitrogens with one attached hydrogen (secondary N) is 1. The fraction of sp³-hybridized carbons (Fsp3) is 0.150. The van der Waals surface area contributed by atoms with E-state index in [1.165, 1.54) is 28.4 Å². The molecule has 138 valence electrons. The maximum atomic E-state index is 12.1. The van der Waals surface area contributed by atoms with Crippen LogP contribution in [0.5, 0.6) is 0 Å². The molecule has 1 aliphatic rings. The predicted molar refractivity (Wildman–Crippen MR) is 118 cm³/mol. The highest BCUT2D eigenvalue weighted by Gasteiger charge is 2.28. The molecular formula is C20H18N2O2S3. The monoisotopic (exact) mass is 414 g/mol. The van der Waals surface area contributed by atoms with Crippen LogP contribution in [0.4, 0.5) is 5.69 Å². The number of hydrogen-bond acceptors (Lipinski definition) is 5. The Balaban J connectivity index is 1.55. The minimum absolute atomic E-state index is 0.0421.